The van der Waals surface area contributed by atoms with Crippen LogP contribution in [-0.4, -0.2) is 50.0 Å². The molecule has 0 aromatic heterocycles. The summed E-state index contributed by atoms with van der Waals surface area (Å²) in [6.07, 6.45) is 2.83. The number of fused-ring (bicyclic) bond motifs is 1. The lowest BCUT2D eigenvalue weighted by Crippen LogP contribution is -2.51. The van der Waals surface area contributed by atoms with Gasteiger partial charge in [-0.3, -0.25) is 4.79 Å². The zero-order valence-corrected chi connectivity index (χ0v) is 16.0. The average Bonchev–Trinajstić information content (AvgIpc) is 3.26. The van der Waals surface area contributed by atoms with Crippen molar-refractivity contribution in [1.82, 2.24) is 4.90 Å². The number of methoxy groups -OCH3 is 1. The molecule has 5 heteroatoms. The highest BCUT2D eigenvalue weighted by Crippen LogP contribution is 2.30. The van der Waals surface area contributed by atoms with Crippen LogP contribution in [0.2, 0.25) is 0 Å². The predicted octanol–water partition coefficient (Wildman–Crippen LogP) is 3.71. The van der Waals surface area contributed by atoms with E-state index in [-0.39, 0.29) is 24.2 Å². The number of hydrogen-bond acceptors (Lipinski definition) is 4. The Labute approximate surface area is 160 Å². The molecule has 1 unspecified atom stereocenters. The van der Waals surface area contributed by atoms with Crippen LogP contribution in [0.4, 0.5) is 0 Å². The number of hydrogen-bond donors (Lipinski definition) is 0. The first-order valence-corrected chi connectivity index (χ1v) is 9.79. The van der Waals surface area contributed by atoms with E-state index in [0.29, 0.717) is 13.2 Å². The molecule has 27 heavy (non-hydrogen) atoms. The van der Waals surface area contributed by atoms with Gasteiger partial charge in [0.15, 0.2) is 6.29 Å². The minimum absolute atomic E-state index is 0.0286. The number of benzene rings is 2. The van der Waals surface area contributed by atoms with E-state index in [1.54, 1.807) is 7.11 Å². The second-order valence-electron chi connectivity index (χ2n) is 7.40. The molecule has 2 aromatic carbocycles. The molecule has 0 spiro atoms. The van der Waals surface area contributed by atoms with Crippen LogP contribution in [0.5, 0.6) is 5.75 Å². The lowest BCUT2D eigenvalue weighted by Gasteiger charge is -2.39. The van der Waals surface area contributed by atoms with Crippen molar-refractivity contribution in [2.45, 2.75) is 44.4 Å². The number of piperidine rings is 1. The van der Waals surface area contributed by atoms with Crippen molar-refractivity contribution < 1.29 is 19.0 Å². The van der Waals surface area contributed by atoms with Crippen LogP contribution in [0.1, 0.15) is 37.7 Å². The van der Waals surface area contributed by atoms with Gasteiger partial charge >= 0.3 is 0 Å². The third-order valence-electron chi connectivity index (χ3n) is 5.74. The normalized spacial score (nSPS) is 22.1. The molecular weight excluding hydrogens is 342 g/mol. The summed E-state index contributed by atoms with van der Waals surface area (Å²) >= 11 is 0. The Morgan fingerprint density at radius 1 is 1.11 bits per heavy atom. The third kappa shape index (κ3) is 3.66. The molecule has 0 aliphatic carbocycles. The van der Waals surface area contributed by atoms with Gasteiger partial charge in [-0.05, 0) is 54.7 Å². The van der Waals surface area contributed by atoms with Crippen molar-refractivity contribution in [2.24, 2.45) is 0 Å². The summed E-state index contributed by atoms with van der Waals surface area (Å²) in [5.41, 5.74) is 1.04. The highest BCUT2D eigenvalue weighted by Gasteiger charge is 2.37. The Bertz CT molecular complexity index is 815. The summed E-state index contributed by atoms with van der Waals surface area (Å²) in [5, 5.41) is 2.23. The van der Waals surface area contributed by atoms with Gasteiger partial charge in [-0.25, -0.2) is 0 Å². The monoisotopic (exact) mass is 369 g/mol. The molecule has 5 nitrogen and oxygen atoms in total. The van der Waals surface area contributed by atoms with E-state index >= 15 is 0 Å². The molecule has 0 radical (unpaired) electrons. The highest BCUT2D eigenvalue weighted by molar-refractivity contribution is 5.88. The number of amides is 1. The molecule has 2 fully saturated rings. The number of likely N-dealkylation sites (tertiary alicyclic amines) is 1. The maximum Gasteiger partial charge on any atom is 0.230 e. The molecule has 4 rings (SSSR count). The largest absolute Gasteiger partial charge is 0.497 e. The van der Waals surface area contributed by atoms with Gasteiger partial charge in [0, 0.05) is 6.54 Å². The Hall–Kier alpha value is -2.11. The molecule has 1 amide bonds. The summed E-state index contributed by atoms with van der Waals surface area (Å²) in [6.45, 7) is 4.01. The molecule has 2 atom stereocenters. The number of carbonyl (C=O) groups is 1. The average molecular weight is 369 g/mol. The quantitative estimate of drug-likeness (QED) is 0.824. The molecule has 2 aromatic rings. The Morgan fingerprint density at radius 3 is 2.63 bits per heavy atom. The lowest BCUT2D eigenvalue weighted by atomic mass is 9.93. The van der Waals surface area contributed by atoms with Crippen LogP contribution >= 0.6 is 0 Å². The van der Waals surface area contributed by atoms with Crippen molar-refractivity contribution >= 4 is 16.7 Å². The van der Waals surface area contributed by atoms with Crippen LogP contribution in [-0.2, 0) is 14.3 Å². The summed E-state index contributed by atoms with van der Waals surface area (Å²) < 4.78 is 16.7. The number of ether oxygens (including phenoxy) is 3. The maximum absolute atomic E-state index is 13.3. The van der Waals surface area contributed by atoms with E-state index < -0.39 is 0 Å². The third-order valence-corrected chi connectivity index (χ3v) is 5.74. The first kappa shape index (κ1) is 18.3. The second kappa shape index (κ2) is 7.87. The Kier molecular flexibility index (Phi) is 5.32. The SMILES string of the molecule is COc1ccc2cc([C@H](C)C(=O)N3CCCCC3C3OCCO3)ccc2c1. The first-order chi connectivity index (χ1) is 13.2. The van der Waals surface area contributed by atoms with Crippen molar-refractivity contribution in [2.75, 3.05) is 26.9 Å². The summed E-state index contributed by atoms with van der Waals surface area (Å²) in [4.78, 5) is 15.3. The molecular formula is C22H27NO4. The standard InChI is InChI=1S/C22H27NO4/c1-15(16-6-7-18-14-19(25-2)9-8-17(18)13-16)21(24)23-10-4-3-5-20(23)22-26-11-12-27-22/h6-9,13-15,20,22H,3-5,10-12H2,1-2H3/t15-,20?/m0/s1. The van der Waals surface area contributed by atoms with Crippen molar-refractivity contribution in [3.05, 3.63) is 42.0 Å². The van der Waals surface area contributed by atoms with Gasteiger partial charge in [0.2, 0.25) is 5.91 Å². The van der Waals surface area contributed by atoms with E-state index in [9.17, 15) is 4.79 Å². The van der Waals surface area contributed by atoms with Gasteiger partial charge in [0.1, 0.15) is 5.75 Å². The smallest absolute Gasteiger partial charge is 0.230 e. The summed E-state index contributed by atoms with van der Waals surface area (Å²) in [6, 6.07) is 12.3. The second-order valence-corrected chi connectivity index (χ2v) is 7.40. The highest BCUT2D eigenvalue weighted by atomic mass is 16.7. The molecule has 0 N–H and O–H groups in total. The molecule has 0 saturated carbocycles. The molecule has 2 aliphatic rings. The van der Waals surface area contributed by atoms with Crippen LogP contribution in [0.15, 0.2) is 36.4 Å². The van der Waals surface area contributed by atoms with Crippen LogP contribution in [0, 0.1) is 0 Å². The van der Waals surface area contributed by atoms with E-state index in [4.69, 9.17) is 14.2 Å². The summed E-state index contributed by atoms with van der Waals surface area (Å²) in [5.74, 6) is 0.803. The van der Waals surface area contributed by atoms with Gasteiger partial charge in [-0.2, -0.15) is 0 Å². The molecule has 2 saturated heterocycles. The van der Waals surface area contributed by atoms with Gasteiger partial charge in [0.25, 0.3) is 0 Å². The van der Waals surface area contributed by atoms with Crippen LogP contribution in [0.25, 0.3) is 10.8 Å². The molecule has 144 valence electrons. The van der Waals surface area contributed by atoms with Crippen molar-refractivity contribution in [1.29, 1.82) is 0 Å². The fourth-order valence-electron chi connectivity index (χ4n) is 4.14. The van der Waals surface area contributed by atoms with Crippen molar-refractivity contribution in [3.63, 3.8) is 0 Å². The minimum Gasteiger partial charge on any atom is -0.497 e. The van der Waals surface area contributed by atoms with Gasteiger partial charge in [0.05, 0.1) is 32.3 Å². The van der Waals surface area contributed by atoms with Crippen LogP contribution in [0.3, 0.4) is 0 Å². The lowest BCUT2D eigenvalue weighted by molar-refractivity contribution is -0.151. The minimum atomic E-state index is -0.273. The topological polar surface area (TPSA) is 48.0 Å². The number of carbonyl (C=O) groups excluding carboxylic acids is 1. The predicted molar refractivity (Wildman–Crippen MR) is 104 cm³/mol. The maximum atomic E-state index is 13.3. The van der Waals surface area contributed by atoms with E-state index in [0.717, 1.165) is 47.9 Å². The van der Waals surface area contributed by atoms with Crippen LogP contribution < -0.4 is 4.74 Å². The van der Waals surface area contributed by atoms with Gasteiger partial charge in [-0.15, -0.1) is 0 Å². The van der Waals surface area contributed by atoms with Gasteiger partial charge < -0.3 is 19.1 Å². The van der Waals surface area contributed by atoms with E-state index in [1.807, 2.05) is 36.1 Å². The van der Waals surface area contributed by atoms with E-state index in [2.05, 4.69) is 12.1 Å². The fraction of sp³-hybridized carbons (Fsp3) is 0.500. The number of rotatable bonds is 4. The van der Waals surface area contributed by atoms with Gasteiger partial charge in [-0.1, -0.05) is 24.3 Å². The first-order valence-electron chi connectivity index (χ1n) is 9.79. The molecule has 0 bridgehead atoms. The Balaban J connectivity index is 1.56. The molecule has 2 aliphatic heterocycles. The number of nitrogens with zero attached hydrogens (tertiary/aromatic N) is 1. The fourth-order valence-corrected chi connectivity index (χ4v) is 4.14. The zero-order valence-electron chi connectivity index (χ0n) is 16.0. The van der Waals surface area contributed by atoms with E-state index in [1.165, 1.54) is 0 Å². The van der Waals surface area contributed by atoms with Crippen molar-refractivity contribution in [3.8, 4) is 5.75 Å². The zero-order chi connectivity index (χ0) is 18.8. The summed E-state index contributed by atoms with van der Waals surface area (Å²) in [7, 11) is 1.67. The molecule has 2 heterocycles. The Morgan fingerprint density at radius 2 is 1.85 bits per heavy atom.